The summed E-state index contributed by atoms with van der Waals surface area (Å²) in [7, 11) is 0. The Balaban J connectivity index is 0.000000310. The molecule has 1 saturated heterocycles. The van der Waals surface area contributed by atoms with Crippen molar-refractivity contribution in [2.75, 3.05) is 19.6 Å². The fourth-order valence-electron chi connectivity index (χ4n) is 1.16. The SMILES string of the molecule is CC(C)C.NC(=O)CN1CCCC1. The van der Waals surface area contributed by atoms with Gasteiger partial charge in [0.05, 0.1) is 6.54 Å². The van der Waals surface area contributed by atoms with E-state index in [0.29, 0.717) is 6.54 Å². The molecule has 13 heavy (non-hydrogen) atoms. The monoisotopic (exact) mass is 186 g/mol. The van der Waals surface area contributed by atoms with Gasteiger partial charge in [-0.05, 0) is 31.8 Å². The Labute approximate surface area is 81.3 Å². The zero-order chi connectivity index (χ0) is 10.3. The number of nitrogens with zero attached hydrogens (tertiary/aromatic N) is 1. The van der Waals surface area contributed by atoms with Crippen molar-refractivity contribution in [1.82, 2.24) is 4.90 Å². The lowest BCUT2D eigenvalue weighted by Gasteiger charge is -2.09. The van der Waals surface area contributed by atoms with Gasteiger partial charge in [-0.15, -0.1) is 0 Å². The number of hydrogen-bond donors (Lipinski definition) is 1. The molecule has 0 spiro atoms. The third kappa shape index (κ3) is 9.34. The minimum Gasteiger partial charge on any atom is -0.369 e. The molecule has 1 amide bonds. The molecule has 1 aliphatic heterocycles. The second-order valence-corrected chi connectivity index (χ2v) is 4.18. The quantitative estimate of drug-likeness (QED) is 0.705. The maximum Gasteiger partial charge on any atom is 0.231 e. The van der Waals surface area contributed by atoms with Crippen molar-refractivity contribution in [2.24, 2.45) is 11.7 Å². The van der Waals surface area contributed by atoms with E-state index in [0.717, 1.165) is 19.0 Å². The van der Waals surface area contributed by atoms with E-state index >= 15 is 0 Å². The minimum atomic E-state index is -0.211. The highest BCUT2D eigenvalue weighted by atomic mass is 16.1. The van der Waals surface area contributed by atoms with Crippen LogP contribution in [0.15, 0.2) is 0 Å². The van der Waals surface area contributed by atoms with Crippen LogP contribution in [0.3, 0.4) is 0 Å². The standard InChI is InChI=1S/C6H12N2O.C4H10/c7-6(9)5-8-3-1-2-4-8;1-4(2)3/h1-5H2,(H2,7,9);4H,1-3H3. The summed E-state index contributed by atoms with van der Waals surface area (Å²) in [5.74, 6) is 0.622. The molecule has 1 heterocycles. The second-order valence-electron chi connectivity index (χ2n) is 4.18. The Bertz CT molecular complexity index is 137. The smallest absolute Gasteiger partial charge is 0.231 e. The van der Waals surface area contributed by atoms with Gasteiger partial charge in [0.15, 0.2) is 0 Å². The summed E-state index contributed by atoms with van der Waals surface area (Å²) in [5, 5.41) is 0. The number of nitrogens with two attached hydrogens (primary N) is 1. The summed E-state index contributed by atoms with van der Waals surface area (Å²) < 4.78 is 0. The molecule has 0 aliphatic carbocycles. The number of rotatable bonds is 2. The second kappa shape index (κ2) is 6.89. The van der Waals surface area contributed by atoms with Crippen molar-refractivity contribution in [3.63, 3.8) is 0 Å². The van der Waals surface area contributed by atoms with Gasteiger partial charge in [0.1, 0.15) is 0 Å². The highest BCUT2D eigenvalue weighted by Crippen LogP contribution is 2.05. The van der Waals surface area contributed by atoms with Crippen molar-refractivity contribution in [2.45, 2.75) is 33.6 Å². The van der Waals surface area contributed by atoms with Gasteiger partial charge in [0, 0.05) is 0 Å². The molecule has 2 N–H and O–H groups in total. The molecule has 0 aromatic rings. The number of amides is 1. The largest absolute Gasteiger partial charge is 0.369 e. The summed E-state index contributed by atoms with van der Waals surface area (Å²) in [6.07, 6.45) is 2.43. The van der Waals surface area contributed by atoms with Crippen molar-refractivity contribution in [3.8, 4) is 0 Å². The van der Waals surface area contributed by atoms with Crippen molar-refractivity contribution in [3.05, 3.63) is 0 Å². The molecular weight excluding hydrogens is 164 g/mol. The van der Waals surface area contributed by atoms with E-state index in [1.165, 1.54) is 12.8 Å². The maximum atomic E-state index is 10.3. The van der Waals surface area contributed by atoms with E-state index in [-0.39, 0.29) is 5.91 Å². The maximum absolute atomic E-state index is 10.3. The van der Waals surface area contributed by atoms with E-state index in [2.05, 4.69) is 25.7 Å². The zero-order valence-electron chi connectivity index (χ0n) is 9.05. The van der Waals surface area contributed by atoms with Crippen LogP contribution in [0, 0.1) is 5.92 Å². The lowest BCUT2D eigenvalue weighted by molar-refractivity contribution is -0.118. The van der Waals surface area contributed by atoms with E-state index in [1.54, 1.807) is 0 Å². The number of hydrogen-bond acceptors (Lipinski definition) is 2. The van der Waals surface area contributed by atoms with Crippen LogP contribution in [-0.4, -0.2) is 30.4 Å². The summed E-state index contributed by atoms with van der Waals surface area (Å²) >= 11 is 0. The molecule has 1 rings (SSSR count). The Morgan fingerprint density at radius 2 is 1.69 bits per heavy atom. The lowest BCUT2D eigenvalue weighted by atomic mass is 10.3. The Hall–Kier alpha value is -0.570. The first-order valence-electron chi connectivity index (χ1n) is 5.03. The third-order valence-electron chi connectivity index (χ3n) is 1.58. The van der Waals surface area contributed by atoms with E-state index in [4.69, 9.17) is 5.73 Å². The van der Waals surface area contributed by atoms with E-state index < -0.39 is 0 Å². The fourth-order valence-corrected chi connectivity index (χ4v) is 1.16. The van der Waals surface area contributed by atoms with Gasteiger partial charge in [-0.3, -0.25) is 9.69 Å². The van der Waals surface area contributed by atoms with Crippen LogP contribution in [0.2, 0.25) is 0 Å². The van der Waals surface area contributed by atoms with Gasteiger partial charge in [-0.25, -0.2) is 0 Å². The molecule has 78 valence electrons. The molecule has 3 nitrogen and oxygen atoms in total. The Kier molecular flexibility index (Phi) is 6.59. The first-order valence-corrected chi connectivity index (χ1v) is 5.03. The van der Waals surface area contributed by atoms with Gasteiger partial charge in [0.25, 0.3) is 0 Å². The fraction of sp³-hybridized carbons (Fsp3) is 0.900. The van der Waals surface area contributed by atoms with Gasteiger partial charge < -0.3 is 5.73 Å². The van der Waals surface area contributed by atoms with Crippen LogP contribution in [0.25, 0.3) is 0 Å². The molecule has 1 fully saturated rings. The summed E-state index contributed by atoms with van der Waals surface area (Å²) in [4.78, 5) is 12.4. The molecule has 0 bridgehead atoms. The number of primary amides is 1. The summed E-state index contributed by atoms with van der Waals surface area (Å²) in [5.41, 5.74) is 4.99. The van der Waals surface area contributed by atoms with Gasteiger partial charge in [0.2, 0.25) is 5.91 Å². The molecular formula is C10H22N2O. The van der Waals surface area contributed by atoms with Crippen LogP contribution in [-0.2, 0) is 4.79 Å². The average Bonchev–Trinajstić information content (AvgIpc) is 2.36. The summed E-state index contributed by atoms with van der Waals surface area (Å²) in [6, 6.07) is 0. The Morgan fingerprint density at radius 3 is 2.00 bits per heavy atom. The number of carbonyl (C=O) groups is 1. The summed E-state index contributed by atoms with van der Waals surface area (Å²) in [6.45, 7) is 9.03. The first-order chi connectivity index (χ1) is 6.02. The molecule has 0 aromatic carbocycles. The molecule has 1 aliphatic rings. The third-order valence-corrected chi connectivity index (χ3v) is 1.58. The van der Waals surface area contributed by atoms with Crippen molar-refractivity contribution in [1.29, 1.82) is 0 Å². The van der Waals surface area contributed by atoms with Crippen LogP contribution < -0.4 is 5.73 Å². The van der Waals surface area contributed by atoms with Gasteiger partial charge >= 0.3 is 0 Å². The molecule has 0 saturated carbocycles. The number of carbonyl (C=O) groups excluding carboxylic acids is 1. The zero-order valence-corrected chi connectivity index (χ0v) is 9.05. The molecule has 3 heteroatoms. The molecule has 0 aromatic heterocycles. The minimum absolute atomic E-state index is 0.211. The first kappa shape index (κ1) is 12.4. The van der Waals surface area contributed by atoms with Gasteiger partial charge in [-0.2, -0.15) is 0 Å². The predicted octanol–water partition coefficient (Wildman–Crippen LogP) is 1.23. The highest BCUT2D eigenvalue weighted by molar-refractivity contribution is 5.75. The highest BCUT2D eigenvalue weighted by Gasteiger charge is 2.12. The molecule has 0 radical (unpaired) electrons. The van der Waals surface area contributed by atoms with Crippen molar-refractivity contribution < 1.29 is 4.79 Å². The number of likely N-dealkylation sites (tertiary alicyclic amines) is 1. The molecule has 0 atom stereocenters. The normalized spacial score (nSPS) is 16.9. The van der Waals surface area contributed by atoms with E-state index in [1.807, 2.05) is 0 Å². The molecule has 0 unspecified atom stereocenters. The van der Waals surface area contributed by atoms with Crippen LogP contribution in [0.1, 0.15) is 33.6 Å². The van der Waals surface area contributed by atoms with Gasteiger partial charge in [-0.1, -0.05) is 20.8 Å². The van der Waals surface area contributed by atoms with Crippen LogP contribution in [0.5, 0.6) is 0 Å². The van der Waals surface area contributed by atoms with Crippen LogP contribution >= 0.6 is 0 Å². The lowest BCUT2D eigenvalue weighted by Crippen LogP contribution is -2.31. The topological polar surface area (TPSA) is 46.3 Å². The van der Waals surface area contributed by atoms with Crippen molar-refractivity contribution >= 4 is 5.91 Å². The Morgan fingerprint density at radius 1 is 1.31 bits per heavy atom. The predicted molar refractivity (Wildman–Crippen MR) is 55.4 cm³/mol. The van der Waals surface area contributed by atoms with E-state index in [9.17, 15) is 4.79 Å². The average molecular weight is 186 g/mol. The van der Waals surface area contributed by atoms with Crippen LogP contribution in [0.4, 0.5) is 0 Å².